The molecule has 1 aromatic rings. The lowest BCUT2D eigenvalue weighted by molar-refractivity contribution is -0.210. The Morgan fingerprint density at radius 1 is 1.41 bits per heavy atom. The predicted octanol–water partition coefficient (Wildman–Crippen LogP) is 3.78. The molecule has 3 rings (SSSR count). The van der Waals surface area contributed by atoms with Gasteiger partial charge in [-0.05, 0) is 30.4 Å². The maximum atomic E-state index is 13.8. The highest BCUT2D eigenvalue weighted by Crippen LogP contribution is 2.53. The summed E-state index contributed by atoms with van der Waals surface area (Å²) in [5.74, 6) is -1.05. The van der Waals surface area contributed by atoms with Gasteiger partial charge in [0.1, 0.15) is 5.82 Å². The zero-order valence-electron chi connectivity index (χ0n) is 11.1. The van der Waals surface area contributed by atoms with E-state index in [2.05, 4.69) is 4.85 Å². The minimum Gasteiger partial charge on any atom is -0.382 e. The second kappa shape index (κ2) is 5.00. The molecule has 4 atom stereocenters. The maximum Gasteiger partial charge on any atom is 0.416 e. The van der Waals surface area contributed by atoms with Crippen molar-refractivity contribution in [3.63, 3.8) is 0 Å². The Bertz CT molecular complexity index is 634. The van der Waals surface area contributed by atoms with Gasteiger partial charge in [-0.3, -0.25) is 0 Å². The largest absolute Gasteiger partial charge is 0.416 e. The molecule has 1 aliphatic heterocycles. The van der Waals surface area contributed by atoms with Crippen molar-refractivity contribution in [1.82, 2.24) is 0 Å². The molecule has 0 radical (unpaired) electrons. The summed E-state index contributed by atoms with van der Waals surface area (Å²) < 4.78 is 52.4. The van der Waals surface area contributed by atoms with E-state index in [1.54, 1.807) is 0 Å². The molecule has 0 amide bonds. The third-order valence-electron chi connectivity index (χ3n) is 4.31. The van der Waals surface area contributed by atoms with Gasteiger partial charge in [0.2, 0.25) is 5.69 Å². The molecule has 2 aliphatic rings. The number of piperidine rings is 1. The zero-order chi connectivity index (χ0) is 16.2. The molecule has 0 aromatic heterocycles. The number of halogens is 5. The number of aliphatic hydroxyl groups is 1. The number of alkyl halides is 3. The number of fused-ring (bicyclic) bond motifs is 1. The average Bonchev–Trinajstić information content (AvgIpc) is 3.07. The molecule has 2 fully saturated rings. The van der Waals surface area contributed by atoms with Crippen LogP contribution in [0.15, 0.2) is 12.1 Å². The lowest BCUT2D eigenvalue weighted by Gasteiger charge is -2.34. The molecule has 1 saturated carbocycles. The van der Waals surface area contributed by atoms with E-state index in [0.717, 1.165) is 6.07 Å². The average molecular weight is 335 g/mol. The van der Waals surface area contributed by atoms with E-state index >= 15 is 0 Å². The first-order chi connectivity index (χ1) is 10.2. The predicted molar refractivity (Wildman–Crippen MR) is 72.5 cm³/mol. The van der Waals surface area contributed by atoms with Crippen molar-refractivity contribution >= 4 is 23.0 Å². The molecular weight excluding hydrogens is 324 g/mol. The van der Waals surface area contributed by atoms with Gasteiger partial charge in [-0.2, -0.15) is 13.2 Å². The first-order valence-corrected chi connectivity index (χ1v) is 6.99. The lowest BCUT2D eigenvalue weighted by Crippen LogP contribution is -2.49. The summed E-state index contributed by atoms with van der Waals surface area (Å²) in [6.07, 6.45) is -6.60. The Labute approximate surface area is 128 Å². The fourth-order valence-electron chi connectivity index (χ4n) is 3.21. The van der Waals surface area contributed by atoms with Crippen LogP contribution in [0.4, 0.5) is 28.9 Å². The van der Waals surface area contributed by atoms with Crippen molar-refractivity contribution in [2.45, 2.75) is 24.7 Å². The van der Waals surface area contributed by atoms with Crippen LogP contribution >= 0.6 is 11.6 Å². The van der Waals surface area contributed by atoms with Crippen molar-refractivity contribution in [3.8, 4) is 0 Å². The van der Waals surface area contributed by atoms with Crippen LogP contribution in [0.2, 0.25) is 5.02 Å². The molecule has 0 unspecified atom stereocenters. The highest BCUT2D eigenvalue weighted by molar-refractivity contribution is 6.33. The first-order valence-electron chi connectivity index (χ1n) is 6.62. The molecule has 1 heterocycles. The van der Waals surface area contributed by atoms with Gasteiger partial charge in [0.15, 0.2) is 6.10 Å². The minimum absolute atomic E-state index is 0.0735. The number of hydrogen-bond donors (Lipinski definition) is 1. The summed E-state index contributed by atoms with van der Waals surface area (Å²) >= 11 is 5.81. The molecule has 0 spiro atoms. The van der Waals surface area contributed by atoms with Gasteiger partial charge in [0.05, 0.1) is 17.6 Å². The Hall–Kier alpha value is -1.52. The van der Waals surface area contributed by atoms with E-state index < -0.39 is 24.1 Å². The summed E-state index contributed by atoms with van der Waals surface area (Å²) in [5.41, 5.74) is -0.196. The normalized spacial score (nSPS) is 28.2. The number of aliphatic hydroxyl groups excluding tert-OH is 1. The third-order valence-corrected chi connectivity index (χ3v) is 4.60. The summed E-state index contributed by atoms with van der Waals surface area (Å²) in [5, 5.41) is 9.46. The highest BCUT2D eigenvalue weighted by atomic mass is 35.5. The van der Waals surface area contributed by atoms with Crippen LogP contribution in [0.3, 0.4) is 0 Å². The SMILES string of the molecule is [C-]#[N+]c1c(F)cc(N2C[C@@H]3C[C@@H]3[C@@H]2[C@H](O)C(F)(F)F)cc1Cl. The summed E-state index contributed by atoms with van der Waals surface area (Å²) in [6.45, 7) is 7.15. The van der Waals surface area contributed by atoms with E-state index in [4.69, 9.17) is 18.2 Å². The van der Waals surface area contributed by atoms with E-state index in [1.165, 1.54) is 11.0 Å². The standard InChI is InChI=1S/C14H11ClF4N2O/c1-20-11-9(15)3-7(4-10(11)16)21-5-6-2-8(6)12(21)13(22)14(17,18)19/h3-4,6,8,12-13,22H,2,5H2/t6-,8-,12+,13-/m0/s1. The Morgan fingerprint density at radius 2 is 2.09 bits per heavy atom. The van der Waals surface area contributed by atoms with E-state index in [1.807, 2.05) is 0 Å². The number of hydrogen-bond acceptors (Lipinski definition) is 2. The third kappa shape index (κ3) is 2.40. The van der Waals surface area contributed by atoms with Crippen molar-refractivity contribution < 1.29 is 22.7 Å². The van der Waals surface area contributed by atoms with Gasteiger partial charge in [-0.1, -0.05) is 11.6 Å². The van der Waals surface area contributed by atoms with Crippen LogP contribution in [0.1, 0.15) is 6.42 Å². The molecule has 118 valence electrons. The van der Waals surface area contributed by atoms with Gasteiger partial charge in [-0.15, -0.1) is 0 Å². The van der Waals surface area contributed by atoms with E-state index in [-0.39, 0.29) is 28.2 Å². The van der Waals surface area contributed by atoms with Crippen LogP contribution in [0.25, 0.3) is 4.85 Å². The fraction of sp³-hybridized carbons (Fsp3) is 0.500. The number of benzene rings is 1. The number of anilines is 1. The Morgan fingerprint density at radius 3 is 2.64 bits per heavy atom. The number of rotatable bonds is 2. The van der Waals surface area contributed by atoms with Crippen molar-refractivity contribution in [2.24, 2.45) is 11.8 Å². The second-order valence-electron chi connectivity index (χ2n) is 5.66. The van der Waals surface area contributed by atoms with Crippen molar-refractivity contribution in [1.29, 1.82) is 0 Å². The molecule has 1 N–H and O–H groups in total. The van der Waals surface area contributed by atoms with Gasteiger partial charge in [0.25, 0.3) is 0 Å². The molecule has 0 bridgehead atoms. The lowest BCUT2D eigenvalue weighted by atomic mass is 10.0. The summed E-state index contributed by atoms with van der Waals surface area (Å²) in [4.78, 5) is 4.30. The monoisotopic (exact) mass is 334 g/mol. The van der Waals surface area contributed by atoms with Crippen molar-refractivity contribution in [2.75, 3.05) is 11.4 Å². The molecule has 3 nitrogen and oxygen atoms in total. The highest BCUT2D eigenvalue weighted by Gasteiger charge is 2.60. The second-order valence-corrected chi connectivity index (χ2v) is 6.07. The van der Waals surface area contributed by atoms with E-state index in [0.29, 0.717) is 13.0 Å². The maximum absolute atomic E-state index is 13.8. The van der Waals surface area contributed by atoms with Crippen LogP contribution in [0.5, 0.6) is 0 Å². The van der Waals surface area contributed by atoms with Crippen LogP contribution in [-0.4, -0.2) is 30.0 Å². The Balaban J connectivity index is 1.96. The first kappa shape index (κ1) is 15.4. The molecule has 8 heteroatoms. The van der Waals surface area contributed by atoms with Crippen LogP contribution in [-0.2, 0) is 0 Å². The quantitative estimate of drug-likeness (QED) is 0.658. The minimum atomic E-state index is -4.74. The summed E-state index contributed by atoms with van der Waals surface area (Å²) in [7, 11) is 0. The van der Waals surface area contributed by atoms with Crippen molar-refractivity contribution in [3.05, 3.63) is 34.4 Å². The molecule has 1 saturated heterocycles. The molecule has 1 aromatic carbocycles. The molecular formula is C14H11ClF4N2O. The van der Waals surface area contributed by atoms with E-state index in [9.17, 15) is 22.7 Å². The van der Waals surface area contributed by atoms with Gasteiger partial charge < -0.3 is 10.0 Å². The van der Waals surface area contributed by atoms with Crippen LogP contribution < -0.4 is 4.90 Å². The van der Waals surface area contributed by atoms with Gasteiger partial charge in [-0.25, -0.2) is 9.24 Å². The summed E-state index contributed by atoms with van der Waals surface area (Å²) in [6, 6.07) is 1.14. The van der Waals surface area contributed by atoms with Gasteiger partial charge in [0, 0.05) is 12.2 Å². The Kier molecular flexibility index (Phi) is 3.49. The molecule has 22 heavy (non-hydrogen) atoms. The smallest absolute Gasteiger partial charge is 0.382 e. The number of nitrogens with zero attached hydrogens (tertiary/aromatic N) is 2. The zero-order valence-corrected chi connectivity index (χ0v) is 11.9. The van der Waals surface area contributed by atoms with Crippen LogP contribution in [0, 0.1) is 24.2 Å². The molecule has 1 aliphatic carbocycles. The fourth-order valence-corrected chi connectivity index (χ4v) is 3.45. The topological polar surface area (TPSA) is 27.8 Å². The van der Waals surface area contributed by atoms with Gasteiger partial charge >= 0.3 is 6.18 Å².